The zero-order valence-electron chi connectivity index (χ0n) is 10.9. The lowest BCUT2D eigenvalue weighted by Crippen LogP contribution is -2.04. The maximum Gasteiger partial charge on any atom is 0.387 e. The molecule has 0 atom stereocenters. The van der Waals surface area contributed by atoms with Crippen LogP contribution < -0.4 is 4.74 Å². The molecule has 0 saturated carbocycles. The number of ether oxygens (including phenoxy) is 1. The van der Waals surface area contributed by atoms with E-state index in [-0.39, 0.29) is 18.2 Å². The Hall–Kier alpha value is -2.50. The first-order chi connectivity index (χ1) is 10.1. The highest BCUT2D eigenvalue weighted by Crippen LogP contribution is 2.18. The lowest BCUT2D eigenvalue weighted by molar-refractivity contribution is -0.0499. The molecule has 0 aliphatic heterocycles. The van der Waals surface area contributed by atoms with Crippen molar-refractivity contribution in [3.05, 3.63) is 65.5 Å². The first kappa shape index (κ1) is 14.9. The molecule has 0 aliphatic rings. The van der Waals surface area contributed by atoms with Gasteiger partial charge in [-0.25, -0.2) is 4.39 Å². The molecule has 110 valence electrons. The van der Waals surface area contributed by atoms with Crippen LogP contribution in [-0.2, 0) is 11.4 Å². The number of para-hydroxylation sites is 1. The molecule has 2 aromatic rings. The zero-order chi connectivity index (χ0) is 15.1. The zero-order valence-corrected chi connectivity index (χ0v) is 10.9. The van der Waals surface area contributed by atoms with Crippen LogP contribution in [0.3, 0.4) is 0 Å². The molecule has 2 rings (SSSR count). The second kappa shape index (κ2) is 7.33. The van der Waals surface area contributed by atoms with Gasteiger partial charge in [0.15, 0.2) is 0 Å². The quantitative estimate of drug-likeness (QED) is 0.596. The van der Waals surface area contributed by atoms with Crippen molar-refractivity contribution in [3.8, 4) is 5.75 Å². The SMILES string of the molecule is Fc1ccc(CO/N=C/c2ccccc2OC(F)F)cc1. The smallest absolute Gasteiger partial charge is 0.387 e. The highest BCUT2D eigenvalue weighted by molar-refractivity contribution is 5.83. The van der Waals surface area contributed by atoms with Gasteiger partial charge in [-0.15, -0.1) is 0 Å². The van der Waals surface area contributed by atoms with Crippen molar-refractivity contribution in [2.45, 2.75) is 13.2 Å². The first-order valence-corrected chi connectivity index (χ1v) is 6.09. The fourth-order valence-electron chi connectivity index (χ4n) is 1.58. The van der Waals surface area contributed by atoms with Crippen LogP contribution in [0.4, 0.5) is 13.2 Å². The molecule has 21 heavy (non-hydrogen) atoms. The van der Waals surface area contributed by atoms with Gasteiger partial charge in [-0.2, -0.15) is 8.78 Å². The molecule has 2 aromatic carbocycles. The number of benzene rings is 2. The standard InChI is InChI=1S/C15H12F3NO2/c16-13-7-5-11(6-8-13)10-20-19-9-12-3-1-2-4-14(12)21-15(17)18/h1-9,15H,10H2/b19-9+. The lowest BCUT2D eigenvalue weighted by Gasteiger charge is -2.06. The summed E-state index contributed by atoms with van der Waals surface area (Å²) in [5, 5.41) is 3.68. The summed E-state index contributed by atoms with van der Waals surface area (Å²) in [4.78, 5) is 5.03. The molecule has 0 bridgehead atoms. The number of hydrogen-bond acceptors (Lipinski definition) is 3. The van der Waals surface area contributed by atoms with Gasteiger partial charge in [0.25, 0.3) is 0 Å². The molecule has 0 spiro atoms. The Morgan fingerprint density at radius 2 is 1.76 bits per heavy atom. The number of oxime groups is 1. The van der Waals surface area contributed by atoms with Crippen LogP contribution >= 0.6 is 0 Å². The van der Waals surface area contributed by atoms with E-state index in [1.165, 1.54) is 24.4 Å². The van der Waals surface area contributed by atoms with Gasteiger partial charge in [-0.1, -0.05) is 29.4 Å². The van der Waals surface area contributed by atoms with E-state index in [4.69, 9.17) is 4.84 Å². The van der Waals surface area contributed by atoms with Gasteiger partial charge in [-0.05, 0) is 29.8 Å². The number of hydrogen-bond donors (Lipinski definition) is 0. The van der Waals surface area contributed by atoms with Crippen molar-refractivity contribution >= 4 is 6.21 Å². The Bertz CT molecular complexity index is 600. The average molecular weight is 295 g/mol. The molecular formula is C15H12F3NO2. The van der Waals surface area contributed by atoms with Crippen LogP contribution in [-0.4, -0.2) is 12.8 Å². The average Bonchev–Trinajstić information content (AvgIpc) is 2.46. The summed E-state index contributed by atoms with van der Waals surface area (Å²) in [6.45, 7) is -2.76. The van der Waals surface area contributed by atoms with Crippen LogP contribution in [0.25, 0.3) is 0 Å². The van der Waals surface area contributed by atoms with Crippen LogP contribution in [0.5, 0.6) is 5.75 Å². The summed E-state index contributed by atoms with van der Waals surface area (Å²) in [7, 11) is 0. The molecule has 0 amide bonds. The van der Waals surface area contributed by atoms with Crippen molar-refractivity contribution in [2.75, 3.05) is 0 Å². The third-order valence-electron chi connectivity index (χ3n) is 2.55. The van der Waals surface area contributed by atoms with E-state index in [0.717, 1.165) is 5.56 Å². The molecule has 0 aromatic heterocycles. The largest absolute Gasteiger partial charge is 0.434 e. The lowest BCUT2D eigenvalue weighted by atomic mass is 10.2. The van der Waals surface area contributed by atoms with Crippen molar-refractivity contribution in [3.63, 3.8) is 0 Å². The Kier molecular flexibility index (Phi) is 5.20. The molecule has 0 radical (unpaired) electrons. The van der Waals surface area contributed by atoms with Crippen molar-refractivity contribution in [2.24, 2.45) is 5.16 Å². The second-order valence-electron chi connectivity index (χ2n) is 4.05. The van der Waals surface area contributed by atoms with E-state index in [0.29, 0.717) is 5.56 Å². The number of halogens is 3. The van der Waals surface area contributed by atoms with E-state index < -0.39 is 6.61 Å². The van der Waals surface area contributed by atoms with Crippen LogP contribution in [0, 0.1) is 5.82 Å². The summed E-state index contributed by atoms with van der Waals surface area (Å²) in [5.41, 5.74) is 1.11. The van der Waals surface area contributed by atoms with Crippen molar-refractivity contribution < 1.29 is 22.7 Å². The van der Waals surface area contributed by atoms with E-state index in [9.17, 15) is 13.2 Å². The minimum Gasteiger partial charge on any atom is -0.434 e. The molecule has 0 saturated heterocycles. The van der Waals surface area contributed by atoms with Crippen molar-refractivity contribution in [1.82, 2.24) is 0 Å². The van der Waals surface area contributed by atoms with E-state index in [2.05, 4.69) is 9.89 Å². The Labute approximate surface area is 119 Å². The van der Waals surface area contributed by atoms with Crippen LogP contribution in [0.1, 0.15) is 11.1 Å². The molecule has 6 heteroatoms. The number of nitrogens with zero attached hydrogens (tertiary/aromatic N) is 1. The van der Waals surface area contributed by atoms with E-state index in [1.54, 1.807) is 30.3 Å². The molecule has 0 fully saturated rings. The summed E-state index contributed by atoms with van der Waals surface area (Å²) < 4.78 is 41.5. The Balaban J connectivity index is 1.93. The summed E-state index contributed by atoms with van der Waals surface area (Å²) in [6, 6.07) is 12.0. The second-order valence-corrected chi connectivity index (χ2v) is 4.05. The van der Waals surface area contributed by atoms with Crippen LogP contribution in [0.2, 0.25) is 0 Å². The molecule has 0 N–H and O–H groups in total. The monoisotopic (exact) mass is 295 g/mol. The predicted molar refractivity (Wildman–Crippen MR) is 71.9 cm³/mol. The van der Waals surface area contributed by atoms with E-state index in [1.807, 2.05) is 0 Å². The van der Waals surface area contributed by atoms with Gasteiger partial charge in [-0.3, -0.25) is 0 Å². The van der Waals surface area contributed by atoms with Gasteiger partial charge in [0.1, 0.15) is 18.2 Å². The van der Waals surface area contributed by atoms with Gasteiger partial charge in [0.2, 0.25) is 0 Å². The molecular weight excluding hydrogens is 283 g/mol. The highest BCUT2D eigenvalue weighted by atomic mass is 19.3. The summed E-state index contributed by atoms with van der Waals surface area (Å²) in [5.74, 6) is -0.318. The fourth-order valence-corrected chi connectivity index (χ4v) is 1.58. The Morgan fingerprint density at radius 1 is 1.05 bits per heavy atom. The normalized spacial score (nSPS) is 11.0. The maximum absolute atomic E-state index is 12.7. The molecule has 0 unspecified atom stereocenters. The van der Waals surface area contributed by atoms with Gasteiger partial charge >= 0.3 is 6.61 Å². The van der Waals surface area contributed by atoms with E-state index >= 15 is 0 Å². The fraction of sp³-hybridized carbons (Fsp3) is 0.133. The maximum atomic E-state index is 12.7. The topological polar surface area (TPSA) is 30.8 Å². The van der Waals surface area contributed by atoms with Gasteiger partial charge < -0.3 is 9.57 Å². The van der Waals surface area contributed by atoms with Crippen molar-refractivity contribution in [1.29, 1.82) is 0 Å². The van der Waals surface area contributed by atoms with Crippen LogP contribution in [0.15, 0.2) is 53.7 Å². The van der Waals surface area contributed by atoms with Gasteiger partial charge in [0, 0.05) is 5.56 Å². The van der Waals surface area contributed by atoms with Gasteiger partial charge in [0.05, 0.1) is 6.21 Å². The predicted octanol–water partition coefficient (Wildman–Crippen LogP) is 3.98. The Morgan fingerprint density at radius 3 is 2.48 bits per heavy atom. The molecule has 0 aliphatic carbocycles. The third kappa shape index (κ3) is 4.83. The third-order valence-corrected chi connectivity index (χ3v) is 2.55. The first-order valence-electron chi connectivity index (χ1n) is 6.09. The highest BCUT2D eigenvalue weighted by Gasteiger charge is 2.07. The number of alkyl halides is 2. The molecule has 0 heterocycles. The minimum atomic E-state index is -2.90. The number of rotatable bonds is 6. The summed E-state index contributed by atoms with van der Waals surface area (Å²) in [6.07, 6.45) is 1.28. The minimum absolute atomic E-state index is 0.0154. The molecule has 3 nitrogen and oxygen atoms in total. The summed E-state index contributed by atoms with van der Waals surface area (Å²) >= 11 is 0.